The zero-order chi connectivity index (χ0) is 9.68. The molecule has 68 valence electrons. The summed E-state index contributed by atoms with van der Waals surface area (Å²) >= 11 is 0. The molecule has 1 aromatic carbocycles. The third-order valence-electron chi connectivity index (χ3n) is 1.42. The topological polar surface area (TPSA) is 40.5 Å². The number of halogens is 1. The maximum absolute atomic E-state index is 12.5. The molecule has 3 heteroatoms. The Hall–Kier alpha value is -1.53. The Bertz CT molecular complexity index is 350. The fraction of sp³-hybridized carbons (Fsp3) is 0.200. The average Bonchev–Trinajstić information content (AvgIpc) is 2.09. The van der Waals surface area contributed by atoms with E-state index in [4.69, 9.17) is 5.11 Å². The van der Waals surface area contributed by atoms with Crippen LogP contribution in [0, 0.1) is 17.7 Å². The minimum Gasteiger partial charge on any atom is -0.507 e. The van der Waals surface area contributed by atoms with E-state index in [1.165, 1.54) is 12.1 Å². The first kappa shape index (κ1) is 9.56. The Morgan fingerprint density at radius 1 is 1.38 bits per heavy atom. The number of aliphatic hydroxyl groups excluding tert-OH is 1. The number of aliphatic hydroxyl groups is 1. The molecule has 1 aromatic rings. The molecule has 13 heavy (non-hydrogen) atoms. The molecule has 0 aromatic heterocycles. The monoisotopic (exact) mass is 180 g/mol. The summed E-state index contributed by atoms with van der Waals surface area (Å²) in [5.41, 5.74) is 0.370. The molecule has 0 fully saturated rings. The Morgan fingerprint density at radius 3 is 2.77 bits per heavy atom. The van der Waals surface area contributed by atoms with Crippen LogP contribution in [0.25, 0.3) is 0 Å². The fourth-order valence-corrected chi connectivity index (χ4v) is 0.824. The molecule has 0 saturated carbocycles. The van der Waals surface area contributed by atoms with Gasteiger partial charge in [-0.25, -0.2) is 4.39 Å². The van der Waals surface area contributed by atoms with E-state index in [9.17, 15) is 9.50 Å². The van der Waals surface area contributed by atoms with E-state index in [1.54, 1.807) is 0 Å². The lowest BCUT2D eigenvalue weighted by molar-refractivity contribution is 0.305. The first-order valence-electron chi connectivity index (χ1n) is 3.82. The second-order valence-corrected chi connectivity index (χ2v) is 2.44. The molecule has 0 radical (unpaired) electrons. The van der Waals surface area contributed by atoms with Crippen molar-refractivity contribution in [1.29, 1.82) is 0 Å². The minimum absolute atomic E-state index is 0.0189. The van der Waals surface area contributed by atoms with E-state index in [2.05, 4.69) is 11.8 Å². The Labute approximate surface area is 75.6 Å². The van der Waals surface area contributed by atoms with E-state index >= 15 is 0 Å². The third kappa shape index (κ3) is 2.77. The van der Waals surface area contributed by atoms with Crippen LogP contribution in [0.4, 0.5) is 4.39 Å². The van der Waals surface area contributed by atoms with Gasteiger partial charge >= 0.3 is 0 Å². The zero-order valence-corrected chi connectivity index (χ0v) is 6.92. The Kier molecular flexibility index (Phi) is 3.30. The van der Waals surface area contributed by atoms with Crippen molar-refractivity contribution in [2.45, 2.75) is 6.42 Å². The highest BCUT2D eigenvalue weighted by atomic mass is 19.1. The molecule has 2 nitrogen and oxygen atoms in total. The van der Waals surface area contributed by atoms with Crippen molar-refractivity contribution in [2.75, 3.05) is 6.61 Å². The molecule has 2 N–H and O–H groups in total. The number of aromatic hydroxyl groups is 1. The number of phenols is 1. The molecular weight excluding hydrogens is 171 g/mol. The smallest absolute Gasteiger partial charge is 0.134 e. The Balaban J connectivity index is 2.85. The van der Waals surface area contributed by atoms with Gasteiger partial charge in [0.15, 0.2) is 0 Å². The fourth-order valence-electron chi connectivity index (χ4n) is 0.824. The highest BCUT2D eigenvalue weighted by Crippen LogP contribution is 2.16. The van der Waals surface area contributed by atoms with E-state index in [0.717, 1.165) is 6.07 Å². The quantitative estimate of drug-likeness (QED) is 0.639. The Morgan fingerprint density at radius 2 is 2.15 bits per heavy atom. The molecule has 0 aliphatic rings. The molecule has 0 saturated heterocycles. The summed E-state index contributed by atoms with van der Waals surface area (Å²) in [6, 6.07) is 3.63. The number of hydrogen-bond donors (Lipinski definition) is 2. The van der Waals surface area contributed by atoms with Crippen LogP contribution in [0.1, 0.15) is 12.0 Å². The van der Waals surface area contributed by atoms with Crippen molar-refractivity contribution in [3.63, 3.8) is 0 Å². The van der Waals surface area contributed by atoms with Crippen LogP contribution in [0.2, 0.25) is 0 Å². The van der Waals surface area contributed by atoms with Crippen molar-refractivity contribution in [2.24, 2.45) is 0 Å². The van der Waals surface area contributed by atoms with Crippen LogP contribution in [0.15, 0.2) is 18.2 Å². The van der Waals surface area contributed by atoms with Crippen LogP contribution < -0.4 is 0 Å². The summed E-state index contributed by atoms with van der Waals surface area (Å²) in [6.07, 6.45) is 0.344. The van der Waals surface area contributed by atoms with Gasteiger partial charge in [0.05, 0.1) is 12.2 Å². The minimum atomic E-state index is -0.495. The van der Waals surface area contributed by atoms with Crippen molar-refractivity contribution in [3.05, 3.63) is 29.6 Å². The van der Waals surface area contributed by atoms with Gasteiger partial charge < -0.3 is 10.2 Å². The lowest BCUT2D eigenvalue weighted by atomic mass is 10.2. The zero-order valence-electron chi connectivity index (χ0n) is 6.92. The summed E-state index contributed by atoms with van der Waals surface area (Å²) in [6.45, 7) is -0.0189. The van der Waals surface area contributed by atoms with Gasteiger partial charge in [-0.3, -0.25) is 0 Å². The van der Waals surface area contributed by atoms with Gasteiger partial charge in [0.1, 0.15) is 11.6 Å². The molecule has 0 spiro atoms. The molecule has 0 bridgehead atoms. The summed E-state index contributed by atoms with van der Waals surface area (Å²) < 4.78 is 12.5. The number of rotatable bonds is 1. The summed E-state index contributed by atoms with van der Waals surface area (Å²) in [5.74, 6) is 4.57. The van der Waals surface area contributed by atoms with Crippen molar-refractivity contribution in [1.82, 2.24) is 0 Å². The van der Waals surface area contributed by atoms with Crippen molar-refractivity contribution in [3.8, 4) is 17.6 Å². The van der Waals surface area contributed by atoms with Crippen LogP contribution in [0.5, 0.6) is 5.75 Å². The molecule has 0 heterocycles. The highest BCUT2D eigenvalue weighted by Gasteiger charge is 1.98. The summed E-state index contributed by atoms with van der Waals surface area (Å²) in [5, 5.41) is 17.6. The standard InChI is InChI=1S/C10H9FO2/c11-9-5-4-8(10(13)7-9)3-1-2-6-12/h4-5,7,12-13H,2,6H2. The molecule has 0 atom stereocenters. The van der Waals surface area contributed by atoms with Crippen molar-refractivity contribution < 1.29 is 14.6 Å². The lowest BCUT2D eigenvalue weighted by Crippen LogP contribution is -1.80. The molecule has 0 unspecified atom stereocenters. The predicted octanol–water partition coefficient (Wildman–Crippen LogP) is 1.27. The highest BCUT2D eigenvalue weighted by molar-refractivity contribution is 5.45. The third-order valence-corrected chi connectivity index (χ3v) is 1.42. The molecule has 0 aliphatic heterocycles. The molecular formula is C10H9FO2. The number of benzene rings is 1. The van der Waals surface area contributed by atoms with Gasteiger partial charge in [0, 0.05) is 12.5 Å². The second kappa shape index (κ2) is 4.48. The van der Waals surface area contributed by atoms with Crippen LogP contribution in [-0.4, -0.2) is 16.8 Å². The predicted molar refractivity (Wildman–Crippen MR) is 46.6 cm³/mol. The van der Waals surface area contributed by atoms with Crippen molar-refractivity contribution >= 4 is 0 Å². The van der Waals surface area contributed by atoms with Gasteiger partial charge in [-0.15, -0.1) is 0 Å². The van der Waals surface area contributed by atoms with Gasteiger partial charge in [-0.1, -0.05) is 11.8 Å². The first-order chi connectivity index (χ1) is 6.24. The van der Waals surface area contributed by atoms with E-state index in [-0.39, 0.29) is 12.4 Å². The summed E-state index contributed by atoms with van der Waals surface area (Å²) in [7, 11) is 0. The van der Waals surface area contributed by atoms with Crippen LogP contribution in [0.3, 0.4) is 0 Å². The lowest BCUT2D eigenvalue weighted by Gasteiger charge is -1.95. The maximum Gasteiger partial charge on any atom is 0.134 e. The van der Waals surface area contributed by atoms with Gasteiger partial charge in [-0.2, -0.15) is 0 Å². The van der Waals surface area contributed by atoms with E-state index < -0.39 is 5.82 Å². The largest absolute Gasteiger partial charge is 0.507 e. The van der Waals surface area contributed by atoms with Gasteiger partial charge in [0.25, 0.3) is 0 Å². The molecule has 0 amide bonds. The molecule has 0 aliphatic carbocycles. The number of phenolic OH excluding ortho intramolecular Hbond substituents is 1. The van der Waals surface area contributed by atoms with E-state index in [0.29, 0.717) is 12.0 Å². The average molecular weight is 180 g/mol. The second-order valence-electron chi connectivity index (χ2n) is 2.44. The first-order valence-corrected chi connectivity index (χ1v) is 3.82. The maximum atomic E-state index is 12.5. The van der Waals surface area contributed by atoms with Crippen LogP contribution >= 0.6 is 0 Å². The molecule has 1 rings (SSSR count). The summed E-state index contributed by atoms with van der Waals surface area (Å²) in [4.78, 5) is 0. The van der Waals surface area contributed by atoms with Gasteiger partial charge in [0.2, 0.25) is 0 Å². The normalized spacial score (nSPS) is 9.08. The van der Waals surface area contributed by atoms with Gasteiger partial charge in [-0.05, 0) is 12.1 Å². The SMILES string of the molecule is OCCC#Cc1ccc(F)cc1O. The van der Waals surface area contributed by atoms with Crippen LogP contribution in [-0.2, 0) is 0 Å². The number of hydrogen-bond acceptors (Lipinski definition) is 2. The van der Waals surface area contributed by atoms with E-state index in [1.807, 2.05) is 0 Å².